The molecule has 2 heterocycles. The number of rotatable bonds is 7. The Kier molecular flexibility index (Phi) is 6.57. The summed E-state index contributed by atoms with van der Waals surface area (Å²) in [5.74, 6) is 0.384. The predicted octanol–water partition coefficient (Wildman–Crippen LogP) is 3.74. The summed E-state index contributed by atoms with van der Waals surface area (Å²) in [6.07, 6.45) is 0.153. The van der Waals surface area contributed by atoms with Crippen molar-refractivity contribution in [3.8, 4) is 11.5 Å². The zero-order chi connectivity index (χ0) is 21.8. The zero-order valence-corrected chi connectivity index (χ0v) is 18.3. The number of amides is 1. The Hall–Kier alpha value is -2.85. The highest BCUT2D eigenvalue weighted by atomic mass is 32.2. The third-order valence-corrected chi connectivity index (χ3v) is 6.46. The fourth-order valence-electron chi connectivity index (χ4n) is 3.01. The van der Waals surface area contributed by atoms with E-state index in [1.54, 1.807) is 19.1 Å². The SMILES string of the molecule is CCOC(=O)CCn1c(=NC(=O)CSc2ccc(F)cc2)sc2cc3c(cc21)OCO3. The molecule has 1 aliphatic rings. The molecule has 1 aromatic heterocycles. The molecule has 0 saturated carbocycles. The molecule has 3 aromatic rings. The first-order valence-corrected chi connectivity index (χ1v) is 11.4. The number of fused-ring (bicyclic) bond motifs is 2. The summed E-state index contributed by atoms with van der Waals surface area (Å²) in [7, 11) is 0. The van der Waals surface area contributed by atoms with Crippen LogP contribution in [-0.2, 0) is 20.9 Å². The van der Waals surface area contributed by atoms with E-state index in [1.807, 2.05) is 16.7 Å². The highest BCUT2D eigenvalue weighted by molar-refractivity contribution is 8.00. The minimum atomic E-state index is -0.328. The molecule has 0 N–H and O–H groups in total. The van der Waals surface area contributed by atoms with Gasteiger partial charge in [-0.3, -0.25) is 9.59 Å². The number of benzene rings is 2. The molecular formula is C21H19FN2O5S2. The van der Waals surface area contributed by atoms with Gasteiger partial charge in [-0.15, -0.1) is 11.8 Å². The average molecular weight is 463 g/mol. The van der Waals surface area contributed by atoms with E-state index >= 15 is 0 Å². The second-order valence-corrected chi connectivity index (χ2v) is 8.57. The van der Waals surface area contributed by atoms with Gasteiger partial charge in [-0.2, -0.15) is 4.99 Å². The van der Waals surface area contributed by atoms with Crippen molar-refractivity contribution < 1.29 is 28.2 Å². The predicted molar refractivity (Wildman–Crippen MR) is 115 cm³/mol. The number of thiazole rings is 1. The molecule has 0 saturated heterocycles. The van der Waals surface area contributed by atoms with Gasteiger partial charge in [0.25, 0.3) is 5.91 Å². The molecule has 4 rings (SSSR count). The van der Waals surface area contributed by atoms with Crippen molar-refractivity contribution in [1.82, 2.24) is 4.57 Å². The number of aryl methyl sites for hydroxylation is 1. The first-order valence-electron chi connectivity index (χ1n) is 9.58. The number of ether oxygens (including phenoxy) is 3. The van der Waals surface area contributed by atoms with Crippen molar-refractivity contribution in [1.29, 1.82) is 0 Å². The number of thioether (sulfide) groups is 1. The number of carbonyl (C=O) groups is 2. The van der Waals surface area contributed by atoms with Crippen molar-refractivity contribution in [2.45, 2.75) is 24.8 Å². The average Bonchev–Trinajstić information content (AvgIpc) is 3.33. The zero-order valence-electron chi connectivity index (χ0n) is 16.6. The summed E-state index contributed by atoms with van der Waals surface area (Å²) in [5.41, 5.74) is 0.802. The van der Waals surface area contributed by atoms with E-state index in [1.165, 1.54) is 35.2 Å². The van der Waals surface area contributed by atoms with Gasteiger partial charge in [0, 0.05) is 23.6 Å². The monoisotopic (exact) mass is 462 g/mol. The van der Waals surface area contributed by atoms with Crippen molar-refractivity contribution in [2.24, 2.45) is 4.99 Å². The van der Waals surface area contributed by atoms with Crippen molar-refractivity contribution in [2.75, 3.05) is 19.2 Å². The number of carbonyl (C=O) groups excluding carboxylic acids is 2. The summed E-state index contributed by atoms with van der Waals surface area (Å²) in [6.45, 7) is 2.54. The highest BCUT2D eigenvalue weighted by Crippen LogP contribution is 2.37. The summed E-state index contributed by atoms with van der Waals surface area (Å²) in [5, 5.41) is 0. The van der Waals surface area contributed by atoms with Crippen molar-refractivity contribution in [3.05, 3.63) is 47.0 Å². The Labute approximate surface area is 185 Å². The molecule has 0 radical (unpaired) electrons. The van der Waals surface area contributed by atoms with Crippen LogP contribution < -0.4 is 14.3 Å². The molecule has 0 aliphatic carbocycles. The van der Waals surface area contributed by atoms with Crippen molar-refractivity contribution >= 4 is 45.2 Å². The second kappa shape index (κ2) is 9.52. The largest absolute Gasteiger partial charge is 0.466 e. The summed E-state index contributed by atoms with van der Waals surface area (Å²) >= 11 is 2.62. The smallest absolute Gasteiger partial charge is 0.307 e. The van der Waals surface area contributed by atoms with Crippen LogP contribution in [0.3, 0.4) is 0 Å². The van der Waals surface area contributed by atoms with Gasteiger partial charge in [0.1, 0.15) is 5.82 Å². The van der Waals surface area contributed by atoms with Crippen LogP contribution in [-0.4, -0.2) is 35.6 Å². The van der Waals surface area contributed by atoms with Crippen LogP contribution in [0.1, 0.15) is 13.3 Å². The van der Waals surface area contributed by atoms with E-state index in [2.05, 4.69) is 4.99 Å². The van der Waals surface area contributed by atoms with E-state index < -0.39 is 0 Å². The van der Waals surface area contributed by atoms with Gasteiger partial charge in [-0.1, -0.05) is 11.3 Å². The Morgan fingerprint density at radius 1 is 1.23 bits per heavy atom. The molecule has 7 nitrogen and oxygen atoms in total. The Balaban J connectivity index is 1.61. The minimum absolute atomic E-state index is 0.112. The molecule has 0 fully saturated rings. The van der Waals surface area contributed by atoms with E-state index in [-0.39, 0.29) is 36.7 Å². The lowest BCUT2D eigenvalue weighted by Crippen LogP contribution is -2.20. The van der Waals surface area contributed by atoms with Crippen LogP contribution in [0, 0.1) is 5.82 Å². The number of hydrogen-bond donors (Lipinski definition) is 0. The van der Waals surface area contributed by atoms with Gasteiger partial charge in [-0.05, 0) is 31.2 Å². The minimum Gasteiger partial charge on any atom is -0.466 e. The van der Waals surface area contributed by atoms with Gasteiger partial charge >= 0.3 is 5.97 Å². The second-order valence-electron chi connectivity index (χ2n) is 6.51. The first kappa shape index (κ1) is 21.4. The normalized spacial score (nSPS) is 13.0. The third-order valence-electron chi connectivity index (χ3n) is 4.42. The Morgan fingerprint density at radius 3 is 2.71 bits per heavy atom. The van der Waals surface area contributed by atoms with Gasteiger partial charge in [0.05, 0.1) is 29.0 Å². The van der Waals surface area contributed by atoms with Gasteiger partial charge < -0.3 is 18.8 Å². The highest BCUT2D eigenvalue weighted by Gasteiger charge is 2.18. The molecule has 162 valence electrons. The number of esters is 1. The number of hydrogen-bond acceptors (Lipinski definition) is 7. The number of aromatic nitrogens is 1. The van der Waals surface area contributed by atoms with Crippen LogP contribution in [0.25, 0.3) is 10.2 Å². The van der Waals surface area contributed by atoms with Gasteiger partial charge in [-0.25, -0.2) is 4.39 Å². The summed E-state index contributed by atoms with van der Waals surface area (Å²) in [6, 6.07) is 9.61. The standard InChI is InChI=1S/C21H19FN2O5S2/c1-2-27-20(26)7-8-24-15-9-16-17(29-12-28-16)10-18(15)31-21(24)23-19(25)11-30-14-5-3-13(22)4-6-14/h3-6,9-10H,2,7-8,11-12H2,1H3. The molecular weight excluding hydrogens is 443 g/mol. The molecule has 0 bridgehead atoms. The maximum atomic E-state index is 13.0. The molecule has 0 spiro atoms. The third kappa shape index (κ3) is 5.08. The molecule has 0 atom stereocenters. The maximum absolute atomic E-state index is 13.0. The van der Waals surface area contributed by atoms with E-state index in [4.69, 9.17) is 14.2 Å². The molecule has 10 heteroatoms. The van der Waals surface area contributed by atoms with Crippen LogP contribution in [0.15, 0.2) is 46.3 Å². The molecule has 1 amide bonds. The van der Waals surface area contributed by atoms with E-state index in [0.29, 0.717) is 29.5 Å². The molecule has 31 heavy (non-hydrogen) atoms. The van der Waals surface area contributed by atoms with Crippen LogP contribution in [0.2, 0.25) is 0 Å². The maximum Gasteiger partial charge on any atom is 0.307 e. The Bertz CT molecular complexity index is 1190. The van der Waals surface area contributed by atoms with Gasteiger partial charge in [0.15, 0.2) is 16.3 Å². The van der Waals surface area contributed by atoms with Crippen LogP contribution >= 0.6 is 23.1 Å². The van der Waals surface area contributed by atoms with Crippen LogP contribution in [0.5, 0.6) is 11.5 Å². The first-order chi connectivity index (χ1) is 15.0. The van der Waals surface area contributed by atoms with E-state index in [0.717, 1.165) is 15.1 Å². The van der Waals surface area contributed by atoms with Crippen LogP contribution in [0.4, 0.5) is 4.39 Å². The molecule has 1 aliphatic heterocycles. The number of halogens is 1. The lowest BCUT2D eigenvalue weighted by Gasteiger charge is -2.06. The topological polar surface area (TPSA) is 79.1 Å². The summed E-state index contributed by atoms with van der Waals surface area (Å²) in [4.78, 5) is 29.9. The quantitative estimate of drug-likeness (QED) is 0.393. The van der Waals surface area contributed by atoms with Crippen molar-refractivity contribution in [3.63, 3.8) is 0 Å². The molecule has 2 aromatic carbocycles. The lowest BCUT2D eigenvalue weighted by molar-refractivity contribution is -0.143. The summed E-state index contributed by atoms with van der Waals surface area (Å²) < 4.78 is 31.6. The fraction of sp³-hybridized carbons (Fsp3) is 0.286. The fourth-order valence-corrected chi connectivity index (χ4v) is 4.78. The van der Waals surface area contributed by atoms with Gasteiger partial charge in [0.2, 0.25) is 6.79 Å². The number of nitrogens with zero attached hydrogens (tertiary/aromatic N) is 2. The lowest BCUT2D eigenvalue weighted by atomic mass is 10.3. The van der Waals surface area contributed by atoms with E-state index in [9.17, 15) is 14.0 Å². The molecule has 0 unspecified atom stereocenters. The Morgan fingerprint density at radius 2 is 1.97 bits per heavy atom.